The van der Waals surface area contributed by atoms with Crippen molar-refractivity contribution in [3.8, 4) is 0 Å². The number of carbonyl (C=O) groups is 1. The van der Waals surface area contributed by atoms with Crippen molar-refractivity contribution in [2.24, 2.45) is 5.41 Å². The number of aliphatic hydroxyl groups is 1. The Kier molecular flexibility index (Phi) is 4.06. The van der Waals surface area contributed by atoms with Crippen LogP contribution >= 0.6 is 11.8 Å². The highest BCUT2D eigenvalue weighted by Crippen LogP contribution is 2.51. The topological polar surface area (TPSA) is 46.5 Å². The maximum absolute atomic E-state index is 11.1. The molecule has 0 aromatic heterocycles. The summed E-state index contributed by atoms with van der Waals surface area (Å²) in [5.41, 5.74) is -0.449. The number of hydrogen-bond acceptors (Lipinski definition) is 4. The Morgan fingerprint density at radius 1 is 1.53 bits per heavy atom. The SMILES string of the molecule is COC(=O)CC1(CSCC(C)(C)O)CC1. The van der Waals surface area contributed by atoms with E-state index < -0.39 is 5.60 Å². The highest BCUT2D eigenvalue weighted by atomic mass is 32.2. The maximum atomic E-state index is 11.1. The van der Waals surface area contributed by atoms with Crippen LogP contribution in [0.15, 0.2) is 0 Å². The van der Waals surface area contributed by atoms with Gasteiger partial charge in [0.1, 0.15) is 0 Å². The van der Waals surface area contributed by atoms with Crippen molar-refractivity contribution < 1.29 is 14.6 Å². The summed E-state index contributed by atoms with van der Waals surface area (Å²) >= 11 is 1.72. The summed E-state index contributed by atoms with van der Waals surface area (Å²) in [6.07, 6.45) is 2.75. The smallest absolute Gasteiger partial charge is 0.306 e. The number of carbonyl (C=O) groups excluding carboxylic acids is 1. The van der Waals surface area contributed by atoms with Gasteiger partial charge in [0.15, 0.2) is 0 Å². The Morgan fingerprint density at radius 2 is 2.13 bits per heavy atom. The van der Waals surface area contributed by atoms with Crippen LogP contribution in [0.25, 0.3) is 0 Å². The normalized spacial score (nSPS) is 18.7. The summed E-state index contributed by atoms with van der Waals surface area (Å²) in [4.78, 5) is 11.1. The van der Waals surface area contributed by atoms with Crippen LogP contribution in [0.2, 0.25) is 0 Å². The van der Waals surface area contributed by atoms with Crippen LogP contribution in [0.3, 0.4) is 0 Å². The van der Waals surface area contributed by atoms with E-state index in [1.54, 1.807) is 25.6 Å². The first-order chi connectivity index (χ1) is 6.87. The zero-order chi connectivity index (χ0) is 11.5. The number of hydrogen-bond donors (Lipinski definition) is 1. The Balaban J connectivity index is 2.23. The van der Waals surface area contributed by atoms with Crippen molar-refractivity contribution >= 4 is 17.7 Å². The highest BCUT2D eigenvalue weighted by molar-refractivity contribution is 7.99. The average molecular weight is 232 g/mol. The van der Waals surface area contributed by atoms with E-state index in [0.29, 0.717) is 6.42 Å². The molecule has 3 nitrogen and oxygen atoms in total. The summed E-state index contributed by atoms with van der Waals surface area (Å²) in [5, 5.41) is 9.55. The van der Waals surface area contributed by atoms with E-state index in [-0.39, 0.29) is 11.4 Å². The second-order valence-corrected chi connectivity index (χ2v) is 6.04. The first-order valence-corrected chi connectivity index (χ1v) is 6.39. The van der Waals surface area contributed by atoms with Gasteiger partial charge in [0, 0.05) is 5.75 Å². The lowest BCUT2D eigenvalue weighted by atomic mass is 10.1. The van der Waals surface area contributed by atoms with E-state index in [9.17, 15) is 9.90 Å². The molecule has 0 aromatic carbocycles. The molecule has 0 radical (unpaired) electrons. The van der Waals surface area contributed by atoms with Gasteiger partial charge in [0.25, 0.3) is 0 Å². The summed E-state index contributed by atoms with van der Waals surface area (Å²) < 4.78 is 4.68. The second kappa shape index (κ2) is 4.74. The van der Waals surface area contributed by atoms with Crippen molar-refractivity contribution in [3.05, 3.63) is 0 Å². The lowest BCUT2D eigenvalue weighted by Gasteiger charge is -2.19. The molecule has 1 saturated carbocycles. The number of ether oxygens (including phenoxy) is 1. The van der Waals surface area contributed by atoms with E-state index in [0.717, 1.165) is 24.3 Å². The number of methoxy groups -OCH3 is 1. The molecule has 1 aliphatic carbocycles. The van der Waals surface area contributed by atoms with Gasteiger partial charge in [-0.15, -0.1) is 0 Å². The van der Waals surface area contributed by atoms with Crippen molar-refractivity contribution in [2.45, 2.75) is 38.7 Å². The largest absolute Gasteiger partial charge is 0.469 e. The Hall–Kier alpha value is -0.220. The van der Waals surface area contributed by atoms with E-state index in [4.69, 9.17) is 0 Å². The van der Waals surface area contributed by atoms with Gasteiger partial charge < -0.3 is 9.84 Å². The summed E-state index contributed by atoms with van der Waals surface area (Å²) in [5.74, 6) is 1.55. The average Bonchev–Trinajstić information content (AvgIpc) is 2.83. The highest BCUT2D eigenvalue weighted by Gasteiger charge is 2.44. The molecule has 1 N–H and O–H groups in total. The minimum atomic E-state index is -0.619. The minimum absolute atomic E-state index is 0.114. The second-order valence-electron chi connectivity index (χ2n) is 5.06. The molecule has 0 bridgehead atoms. The molecule has 1 aliphatic rings. The molecule has 15 heavy (non-hydrogen) atoms. The van der Waals surface area contributed by atoms with Crippen LogP contribution in [0.4, 0.5) is 0 Å². The van der Waals surface area contributed by atoms with Gasteiger partial charge in [-0.1, -0.05) is 0 Å². The molecule has 0 heterocycles. The minimum Gasteiger partial charge on any atom is -0.469 e. The van der Waals surface area contributed by atoms with E-state index in [1.807, 2.05) is 0 Å². The van der Waals surface area contributed by atoms with Gasteiger partial charge in [-0.2, -0.15) is 11.8 Å². The zero-order valence-corrected chi connectivity index (χ0v) is 10.5. The molecule has 0 saturated heterocycles. The van der Waals surface area contributed by atoms with Crippen LogP contribution in [0, 0.1) is 5.41 Å². The Morgan fingerprint density at radius 3 is 2.53 bits per heavy atom. The van der Waals surface area contributed by atoms with Gasteiger partial charge in [-0.25, -0.2) is 0 Å². The monoisotopic (exact) mass is 232 g/mol. The Bertz CT molecular complexity index is 228. The summed E-state index contributed by atoms with van der Waals surface area (Å²) in [6, 6.07) is 0. The first kappa shape index (κ1) is 12.8. The van der Waals surface area contributed by atoms with Crippen molar-refractivity contribution in [1.29, 1.82) is 0 Å². The third-order valence-electron chi connectivity index (χ3n) is 2.57. The summed E-state index contributed by atoms with van der Waals surface area (Å²) in [6.45, 7) is 3.61. The van der Waals surface area contributed by atoms with E-state index in [1.165, 1.54) is 7.11 Å². The molecule has 0 atom stereocenters. The van der Waals surface area contributed by atoms with Crippen molar-refractivity contribution in [2.75, 3.05) is 18.6 Å². The van der Waals surface area contributed by atoms with Gasteiger partial charge in [-0.05, 0) is 37.9 Å². The molecule has 88 valence electrons. The predicted octanol–water partition coefficient (Wildman–Crippen LogP) is 1.83. The van der Waals surface area contributed by atoms with Crippen LogP contribution in [0.1, 0.15) is 33.1 Å². The van der Waals surface area contributed by atoms with Crippen molar-refractivity contribution in [1.82, 2.24) is 0 Å². The Labute approximate surface area is 95.6 Å². The lowest BCUT2D eigenvalue weighted by molar-refractivity contribution is -0.141. The van der Waals surface area contributed by atoms with E-state index in [2.05, 4.69) is 4.74 Å². The zero-order valence-electron chi connectivity index (χ0n) is 9.71. The fourth-order valence-electron chi connectivity index (χ4n) is 1.44. The molecule has 0 aliphatic heterocycles. The standard InChI is InChI=1S/C11H20O3S/c1-10(2,13)7-15-8-11(4-5-11)6-9(12)14-3/h13H,4-8H2,1-3H3. The number of thioether (sulfide) groups is 1. The molecule has 0 aromatic rings. The number of rotatable bonds is 6. The van der Waals surface area contributed by atoms with Crippen LogP contribution in [0.5, 0.6) is 0 Å². The lowest BCUT2D eigenvalue weighted by Crippen LogP contribution is -2.23. The van der Waals surface area contributed by atoms with Crippen LogP contribution < -0.4 is 0 Å². The summed E-state index contributed by atoms with van der Waals surface area (Å²) in [7, 11) is 1.43. The van der Waals surface area contributed by atoms with Crippen LogP contribution in [-0.4, -0.2) is 35.3 Å². The third kappa shape index (κ3) is 4.89. The number of esters is 1. The quantitative estimate of drug-likeness (QED) is 0.710. The van der Waals surface area contributed by atoms with Crippen molar-refractivity contribution in [3.63, 3.8) is 0 Å². The van der Waals surface area contributed by atoms with Gasteiger partial charge >= 0.3 is 5.97 Å². The molecule has 0 unspecified atom stereocenters. The molecule has 4 heteroatoms. The van der Waals surface area contributed by atoms with Gasteiger partial charge in [-0.3, -0.25) is 4.79 Å². The van der Waals surface area contributed by atoms with Gasteiger partial charge in [0.2, 0.25) is 0 Å². The van der Waals surface area contributed by atoms with Crippen LogP contribution in [-0.2, 0) is 9.53 Å². The molecule has 1 fully saturated rings. The fourth-order valence-corrected chi connectivity index (χ4v) is 2.87. The first-order valence-electron chi connectivity index (χ1n) is 5.24. The molecular formula is C11H20O3S. The molecule has 0 spiro atoms. The predicted molar refractivity (Wildman–Crippen MR) is 61.9 cm³/mol. The molecular weight excluding hydrogens is 212 g/mol. The fraction of sp³-hybridized carbons (Fsp3) is 0.909. The molecule has 0 amide bonds. The molecule has 1 rings (SSSR count). The van der Waals surface area contributed by atoms with Gasteiger partial charge in [0.05, 0.1) is 19.1 Å². The maximum Gasteiger partial charge on any atom is 0.306 e. The van der Waals surface area contributed by atoms with E-state index >= 15 is 0 Å². The third-order valence-corrected chi connectivity index (χ3v) is 4.29.